The number of carbonyl (C=O) groups is 1. The zero-order valence-electron chi connectivity index (χ0n) is 16.9. The quantitative estimate of drug-likeness (QED) is 0.335. The number of nitrogens with zero attached hydrogens (tertiary/aromatic N) is 1. The van der Waals surface area contributed by atoms with Gasteiger partial charge in [0, 0.05) is 24.7 Å². The van der Waals surface area contributed by atoms with Crippen molar-refractivity contribution in [3.05, 3.63) is 29.3 Å². The predicted molar refractivity (Wildman–Crippen MR) is 118 cm³/mol. The molecule has 1 rings (SSSR count). The second-order valence-electron chi connectivity index (χ2n) is 7.36. The number of benzene rings is 1. The number of ether oxygens (including phenoxy) is 1. The average Bonchev–Trinajstić information content (AvgIpc) is 2.46. The maximum Gasteiger partial charge on any atom is 0.239 e. The molecule has 0 spiro atoms. The first kappa shape index (κ1) is 24.5. The summed E-state index contributed by atoms with van der Waals surface area (Å²) < 4.78 is 5.88. The number of rotatable bonds is 6. The van der Waals surface area contributed by atoms with Crippen molar-refractivity contribution < 1.29 is 9.53 Å². The van der Waals surface area contributed by atoms with Crippen LogP contribution in [-0.4, -0.2) is 37.1 Å². The van der Waals surface area contributed by atoms with Crippen LogP contribution in [0.15, 0.2) is 23.2 Å². The van der Waals surface area contributed by atoms with Gasteiger partial charge in [-0.05, 0) is 53.2 Å². The lowest BCUT2D eigenvalue weighted by molar-refractivity contribution is -0.121. The molecule has 1 amide bonds. The molecule has 3 N–H and O–H groups in total. The summed E-state index contributed by atoms with van der Waals surface area (Å²) in [7, 11) is 1.68. The van der Waals surface area contributed by atoms with Gasteiger partial charge in [-0.15, -0.1) is 24.0 Å². The lowest BCUT2D eigenvalue weighted by Gasteiger charge is -2.21. The number of carbonyl (C=O) groups excluding carboxylic acids is 1. The van der Waals surface area contributed by atoms with Gasteiger partial charge in [-0.25, -0.2) is 0 Å². The van der Waals surface area contributed by atoms with Crippen LogP contribution < -0.4 is 20.7 Å². The van der Waals surface area contributed by atoms with E-state index in [1.165, 1.54) is 0 Å². The maximum atomic E-state index is 11.9. The molecule has 148 valence electrons. The first-order chi connectivity index (χ1) is 11.6. The Morgan fingerprint density at radius 1 is 1.23 bits per heavy atom. The fraction of sp³-hybridized carbons (Fsp3) is 0.579. The third-order valence-electron chi connectivity index (χ3n) is 3.19. The van der Waals surface area contributed by atoms with Crippen LogP contribution in [0.2, 0.25) is 0 Å². The van der Waals surface area contributed by atoms with E-state index in [-0.39, 0.29) is 48.1 Å². The monoisotopic (exact) mass is 476 g/mol. The molecule has 1 aromatic rings. The van der Waals surface area contributed by atoms with Gasteiger partial charge in [-0.1, -0.05) is 12.1 Å². The van der Waals surface area contributed by atoms with Gasteiger partial charge in [0.1, 0.15) is 5.75 Å². The van der Waals surface area contributed by atoms with E-state index in [9.17, 15) is 4.79 Å². The number of nitrogens with one attached hydrogen (secondary N) is 3. The zero-order chi connectivity index (χ0) is 19.0. The number of hydrogen-bond donors (Lipinski definition) is 3. The Kier molecular flexibility index (Phi) is 10.6. The van der Waals surface area contributed by atoms with Crippen LogP contribution in [0, 0.1) is 6.92 Å². The number of hydrogen-bond acceptors (Lipinski definition) is 3. The molecule has 0 saturated carbocycles. The fourth-order valence-corrected chi connectivity index (χ4v) is 2.20. The highest BCUT2D eigenvalue weighted by Gasteiger charge is 2.14. The first-order valence-corrected chi connectivity index (χ1v) is 8.62. The Balaban J connectivity index is 0.00000625. The Bertz CT molecular complexity index is 610. The highest BCUT2D eigenvalue weighted by atomic mass is 127. The van der Waals surface area contributed by atoms with E-state index in [4.69, 9.17) is 4.74 Å². The maximum absolute atomic E-state index is 11.9. The van der Waals surface area contributed by atoms with Crippen molar-refractivity contribution in [3.8, 4) is 5.75 Å². The molecular formula is C19H33IN4O2. The topological polar surface area (TPSA) is 74.8 Å². The number of aliphatic imine (C=N–C) groups is 1. The van der Waals surface area contributed by atoms with Crippen LogP contribution >= 0.6 is 24.0 Å². The summed E-state index contributed by atoms with van der Waals surface area (Å²) in [5.41, 5.74) is 1.95. The normalized spacial score (nSPS) is 11.6. The second-order valence-corrected chi connectivity index (χ2v) is 7.36. The Morgan fingerprint density at radius 2 is 1.88 bits per heavy atom. The molecule has 0 aromatic heterocycles. The lowest BCUT2D eigenvalue weighted by atomic mass is 10.1. The summed E-state index contributed by atoms with van der Waals surface area (Å²) in [5.74, 6) is 1.36. The first-order valence-electron chi connectivity index (χ1n) is 8.62. The predicted octanol–water partition coefficient (Wildman–Crippen LogP) is 2.98. The zero-order valence-corrected chi connectivity index (χ0v) is 19.2. The molecule has 0 aliphatic carbocycles. The highest BCUT2D eigenvalue weighted by Crippen LogP contribution is 2.21. The van der Waals surface area contributed by atoms with Crippen molar-refractivity contribution in [2.45, 2.75) is 59.7 Å². The number of guanidine groups is 1. The van der Waals surface area contributed by atoms with E-state index >= 15 is 0 Å². The molecule has 0 atom stereocenters. The van der Waals surface area contributed by atoms with Gasteiger partial charge in [0.15, 0.2) is 5.96 Å². The second kappa shape index (κ2) is 11.3. The summed E-state index contributed by atoms with van der Waals surface area (Å²) >= 11 is 0. The van der Waals surface area contributed by atoms with E-state index in [2.05, 4.69) is 27.0 Å². The fourth-order valence-electron chi connectivity index (χ4n) is 2.20. The van der Waals surface area contributed by atoms with Gasteiger partial charge in [-0.3, -0.25) is 9.79 Å². The molecule has 6 nitrogen and oxygen atoms in total. The average molecular weight is 476 g/mol. The van der Waals surface area contributed by atoms with E-state index in [0.717, 1.165) is 16.9 Å². The van der Waals surface area contributed by atoms with Crippen LogP contribution in [0.3, 0.4) is 0 Å². The summed E-state index contributed by atoms with van der Waals surface area (Å²) in [6.07, 6.45) is 0.110. The molecule has 0 bridgehead atoms. The molecule has 0 aliphatic rings. The molecule has 0 saturated heterocycles. The van der Waals surface area contributed by atoms with E-state index in [0.29, 0.717) is 12.5 Å². The number of amides is 1. The van der Waals surface area contributed by atoms with Crippen molar-refractivity contribution in [2.75, 3.05) is 13.6 Å². The summed E-state index contributed by atoms with van der Waals surface area (Å²) in [4.78, 5) is 16.0. The van der Waals surface area contributed by atoms with Gasteiger partial charge >= 0.3 is 0 Å². The molecule has 0 fully saturated rings. The van der Waals surface area contributed by atoms with Gasteiger partial charge in [0.25, 0.3) is 0 Å². The molecule has 0 radical (unpaired) electrons. The summed E-state index contributed by atoms with van der Waals surface area (Å²) in [6, 6.07) is 6.13. The smallest absolute Gasteiger partial charge is 0.239 e. The van der Waals surface area contributed by atoms with Crippen LogP contribution in [-0.2, 0) is 11.3 Å². The van der Waals surface area contributed by atoms with Crippen molar-refractivity contribution in [1.29, 1.82) is 0 Å². The molecule has 7 heteroatoms. The minimum Gasteiger partial charge on any atom is -0.491 e. The van der Waals surface area contributed by atoms with E-state index in [1.54, 1.807) is 7.05 Å². The van der Waals surface area contributed by atoms with Crippen LogP contribution in [0.5, 0.6) is 5.75 Å². The van der Waals surface area contributed by atoms with Crippen LogP contribution in [0.25, 0.3) is 0 Å². The highest BCUT2D eigenvalue weighted by molar-refractivity contribution is 14.0. The summed E-state index contributed by atoms with van der Waals surface area (Å²) in [5, 5.41) is 9.14. The number of aryl methyl sites for hydroxylation is 1. The molecular weight excluding hydrogens is 443 g/mol. The minimum atomic E-state index is -0.249. The third kappa shape index (κ3) is 9.84. The van der Waals surface area contributed by atoms with Gasteiger partial charge in [0.2, 0.25) is 5.91 Å². The van der Waals surface area contributed by atoms with Crippen molar-refractivity contribution >= 4 is 35.8 Å². The van der Waals surface area contributed by atoms with Crippen LogP contribution in [0.1, 0.15) is 45.7 Å². The Labute approximate surface area is 174 Å². The Hall–Kier alpha value is -1.51. The molecule has 0 heterocycles. The minimum absolute atomic E-state index is 0. The van der Waals surface area contributed by atoms with E-state index in [1.807, 2.05) is 53.7 Å². The van der Waals surface area contributed by atoms with Gasteiger partial charge < -0.3 is 20.7 Å². The standard InChI is InChI=1S/C19H32N4O2.HI/c1-13(2)25-16-10-14(3)8-9-15(16)11-21-18(20-7)22-12-17(24)23-19(4,5)6;/h8-10,13H,11-12H2,1-7H3,(H,23,24)(H2,20,21,22);1H. The van der Waals surface area contributed by atoms with Gasteiger partial charge in [0.05, 0.1) is 12.6 Å². The largest absolute Gasteiger partial charge is 0.491 e. The SMILES string of the molecule is CN=C(NCC(=O)NC(C)(C)C)NCc1ccc(C)cc1OC(C)C.I. The van der Waals surface area contributed by atoms with Crippen molar-refractivity contribution in [1.82, 2.24) is 16.0 Å². The number of halogens is 1. The van der Waals surface area contributed by atoms with Crippen LogP contribution in [0.4, 0.5) is 0 Å². The third-order valence-corrected chi connectivity index (χ3v) is 3.19. The lowest BCUT2D eigenvalue weighted by Crippen LogP contribution is -2.48. The molecule has 26 heavy (non-hydrogen) atoms. The molecule has 0 aliphatic heterocycles. The molecule has 0 unspecified atom stereocenters. The van der Waals surface area contributed by atoms with Crippen molar-refractivity contribution in [3.63, 3.8) is 0 Å². The van der Waals surface area contributed by atoms with Gasteiger partial charge in [-0.2, -0.15) is 0 Å². The van der Waals surface area contributed by atoms with Crippen molar-refractivity contribution in [2.24, 2.45) is 4.99 Å². The Morgan fingerprint density at radius 3 is 2.42 bits per heavy atom. The molecule has 1 aromatic carbocycles. The summed E-state index contributed by atoms with van der Waals surface area (Å²) in [6.45, 7) is 12.6. The van der Waals surface area contributed by atoms with E-state index < -0.39 is 0 Å².